The van der Waals surface area contributed by atoms with Crippen LogP contribution >= 0.6 is 0 Å². The van der Waals surface area contributed by atoms with Gasteiger partial charge < -0.3 is 21.1 Å². The molecule has 0 saturated carbocycles. The summed E-state index contributed by atoms with van der Waals surface area (Å²) in [6.45, 7) is 4.27. The highest BCUT2D eigenvalue weighted by atomic mass is 16.4. The zero-order valence-corrected chi connectivity index (χ0v) is 15.7. The maximum Gasteiger partial charge on any atom is 0.335 e. The molecule has 0 unspecified atom stereocenters. The van der Waals surface area contributed by atoms with Crippen LogP contribution in [0.3, 0.4) is 0 Å². The van der Waals surface area contributed by atoms with Crippen molar-refractivity contribution in [1.82, 2.24) is 10.2 Å². The molecule has 1 heterocycles. The molecule has 0 aromatic heterocycles. The first-order valence-electron chi connectivity index (χ1n) is 9.73. The summed E-state index contributed by atoms with van der Waals surface area (Å²) in [5.41, 5.74) is 9.20. The van der Waals surface area contributed by atoms with E-state index < -0.39 is 5.97 Å². The minimum atomic E-state index is -0.939. The summed E-state index contributed by atoms with van der Waals surface area (Å²) in [6, 6.07) is 16.2. The number of carboxylic acids is 1. The van der Waals surface area contributed by atoms with E-state index in [0.29, 0.717) is 11.7 Å². The molecule has 1 aliphatic rings. The molecule has 5 nitrogen and oxygen atoms in total. The zero-order valence-electron chi connectivity index (χ0n) is 15.7. The molecular weight excluding hydrogens is 338 g/mol. The summed E-state index contributed by atoms with van der Waals surface area (Å²) in [7, 11) is 0. The lowest BCUT2D eigenvalue weighted by atomic mass is 10.0. The quantitative estimate of drug-likeness (QED) is 0.625. The number of hydrogen-bond donors (Lipinski definition) is 3. The Balaban J connectivity index is 1.35. The molecule has 5 heteroatoms. The van der Waals surface area contributed by atoms with Crippen molar-refractivity contribution in [3.05, 3.63) is 65.2 Å². The van der Waals surface area contributed by atoms with Gasteiger partial charge in [0.1, 0.15) is 0 Å². The van der Waals surface area contributed by atoms with Gasteiger partial charge in [0.05, 0.1) is 5.56 Å². The van der Waals surface area contributed by atoms with E-state index in [1.165, 1.54) is 18.4 Å². The molecule has 0 aliphatic carbocycles. The highest BCUT2D eigenvalue weighted by Gasteiger charge is 2.18. The molecule has 3 rings (SSSR count). The number of benzene rings is 2. The smallest absolute Gasteiger partial charge is 0.335 e. The van der Waals surface area contributed by atoms with Gasteiger partial charge in [-0.25, -0.2) is 4.79 Å². The Morgan fingerprint density at radius 3 is 2.52 bits per heavy atom. The molecule has 4 N–H and O–H groups in total. The summed E-state index contributed by atoms with van der Waals surface area (Å²) >= 11 is 0. The number of nitrogen functional groups attached to an aromatic ring is 1. The highest BCUT2D eigenvalue weighted by molar-refractivity contribution is 5.88. The number of nitrogens with one attached hydrogen (secondary N) is 1. The third-order valence-corrected chi connectivity index (χ3v) is 5.37. The van der Waals surface area contributed by atoms with E-state index in [1.54, 1.807) is 12.1 Å². The first-order chi connectivity index (χ1) is 13.1. The van der Waals surface area contributed by atoms with Crippen molar-refractivity contribution in [3.63, 3.8) is 0 Å². The molecule has 144 valence electrons. The Labute approximate surface area is 161 Å². The van der Waals surface area contributed by atoms with Crippen molar-refractivity contribution in [1.29, 1.82) is 0 Å². The lowest BCUT2D eigenvalue weighted by molar-refractivity contribution is 0.0697. The molecule has 0 radical (unpaired) electrons. The summed E-state index contributed by atoms with van der Waals surface area (Å²) in [4.78, 5) is 13.5. The third-order valence-electron chi connectivity index (χ3n) is 5.37. The maximum atomic E-state index is 11.0. The number of nitrogens with zero attached hydrogens (tertiary/aromatic N) is 1. The second-order valence-electron chi connectivity index (χ2n) is 7.27. The lowest BCUT2D eigenvalue weighted by Crippen LogP contribution is -2.43. The van der Waals surface area contributed by atoms with Crippen LogP contribution < -0.4 is 11.1 Å². The molecule has 2 aromatic carbocycles. The molecule has 1 fully saturated rings. The van der Waals surface area contributed by atoms with Gasteiger partial charge in [0.15, 0.2) is 0 Å². The van der Waals surface area contributed by atoms with Crippen LogP contribution in [0.5, 0.6) is 0 Å². The van der Waals surface area contributed by atoms with E-state index in [-0.39, 0.29) is 5.56 Å². The first-order valence-corrected chi connectivity index (χ1v) is 9.73. The van der Waals surface area contributed by atoms with Crippen molar-refractivity contribution >= 4 is 11.7 Å². The number of aromatic carboxylic acids is 1. The Kier molecular flexibility index (Phi) is 6.85. The summed E-state index contributed by atoms with van der Waals surface area (Å²) in [5.74, 6) is -0.939. The summed E-state index contributed by atoms with van der Waals surface area (Å²) < 4.78 is 0. The topological polar surface area (TPSA) is 78.6 Å². The van der Waals surface area contributed by atoms with E-state index in [9.17, 15) is 4.79 Å². The molecule has 1 aliphatic heterocycles. The third kappa shape index (κ3) is 5.81. The van der Waals surface area contributed by atoms with Crippen molar-refractivity contribution in [2.45, 2.75) is 31.7 Å². The standard InChI is InChI=1S/C22H29N3O2/c23-21-16-19(22(26)27)7-6-18(21)8-12-24-20-10-14-25(15-11-20)13-9-17-4-2-1-3-5-17/h1-7,16,20,24H,8-15,23H2,(H,26,27). The molecule has 1 saturated heterocycles. The van der Waals surface area contributed by atoms with Crippen LogP contribution in [0.1, 0.15) is 34.3 Å². The van der Waals surface area contributed by atoms with Gasteiger partial charge in [0.25, 0.3) is 0 Å². The SMILES string of the molecule is Nc1cc(C(=O)O)ccc1CCNC1CCN(CCc2ccccc2)CC1. The van der Waals surface area contributed by atoms with Crippen LogP contribution in [0, 0.1) is 0 Å². The van der Waals surface area contributed by atoms with Crippen molar-refractivity contribution in [2.75, 3.05) is 31.9 Å². The van der Waals surface area contributed by atoms with Crippen molar-refractivity contribution in [3.8, 4) is 0 Å². The molecule has 2 aromatic rings. The number of anilines is 1. The number of carbonyl (C=O) groups is 1. The van der Waals surface area contributed by atoms with E-state index in [0.717, 1.165) is 44.6 Å². The summed E-state index contributed by atoms with van der Waals surface area (Å²) in [5, 5.41) is 12.6. The Morgan fingerprint density at radius 1 is 1.11 bits per heavy atom. The average molecular weight is 367 g/mol. The van der Waals surface area contributed by atoms with Crippen LogP contribution in [-0.4, -0.2) is 48.2 Å². The predicted octanol–water partition coefficient (Wildman–Crippen LogP) is 2.81. The largest absolute Gasteiger partial charge is 0.478 e. The fourth-order valence-corrected chi connectivity index (χ4v) is 3.66. The van der Waals surface area contributed by atoms with E-state index in [2.05, 4.69) is 40.5 Å². The van der Waals surface area contributed by atoms with Crippen molar-refractivity contribution in [2.24, 2.45) is 0 Å². The van der Waals surface area contributed by atoms with E-state index in [1.807, 2.05) is 6.07 Å². The minimum absolute atomic E-state index is 0.243. The van der Waals surface area contributed by atoms with Gasteiger partial charge >= 0.3 is 5.97 Å². The Morgan fingerprint density at radius 2 is 1.85 bits per heavy atom. The minimum Gasteiger partial charge on any atom is -0.478 e. The Hall–Kier alpha value is -2.37. The van der Waals surface area contributed by atoms with Gasteiger partial charge in [0.2, 0.25) is 0 Å². The Bertz CT molecular complexity index is 740. The number of hydrogen-bond acceptors (Lipinski definition) is 4. The van der Waals surface area contributed by atoms with Gasteiger partial charge in [-0.15, -0.1) is 0 Å². The summed E-state index contributed by atoms with van der Waals surface area (Å²) in [6.07, 6.45) is 4.27. The fourth-order valence-electron chi connectivity index (χ4n) is 3.66. The molecule has 0 bridgehead atoms. The van der Waals surface area contributed by atoms with Crippen molar-refractivity contribution < 1.29 is 9.90 Å². The predicted molar refractivity (Wildman–Crippen MR) is 109 cm³/mol. The van der Waals surface area contributed by atoms with Crippen LogP contribution in [0.15, 0.2) is 48.5 Å². The fraction of sp³-hybridized carbons (Fsp3) is 0.409. The molecule has 0 spiro atoms. The molecule has 0 atom stereocenters. The monoisotopic (exact) mass is 367 g/mol. The number of likely N-dealkylation sites (tertiary alicyclic amines) is 1. The van der Waals surface area contributed by atoms with Crippen LogP contribution in [0.25, 0.3) is 0 Å². The normalized spacial score (nSPS) is 15.7. The van der Waals surface area contributed by atoms with Gasteiger partial charge in [-0.05, 0) is 68.6 Å². The van der Waals surface area contributed by atoms with Crippen LogP contribution in [-0.2, 0) is 12.8 Å². The molecule has 0 amide bonds. The van der Waals surface area contributed by atoms with Crippen LogP contribution in [0.4, 0.5) is 5.69 Å². The highest BCUT2D eigenvalue weighted by Crippen LogP contribution is 2.16. The number of piperidine rings is 1. The van der Waals surface area contributed by atoms with E-state index in [4.69, 9.17) is 10.8 Å². The van der Waals surface area contributed by atoms with E-state index >= 15 is 0 Å². The number of carboxylic acid groups (broad SMARTS) is 1. The van der Waals surface area contributed by atoms with Crippen LogP contribution in [0.2, 0.25) is 0 Å². The van der Waals surface area contributed by atoms with Gasteiger partial charge in [0, 0.05) is 18.3 Å². The first kappa shape index (κ1) is 19.4. The zero-order chi connectivity index (χ0) is 19.1. The average Bonchev–Trinajstić information content (AvgIpc) is 2.69. The van der Waals surface area contributed by atoms with Gasteiger partial charge in [-0.1, -0.05) is 36.4 Å². The molecule has 27 heavy (non-hydrogen) atoms. The number of rotatable bonds is 8. The van der Waals surface area contributed by atoms with Gasteiger partial charge in [-0.2, -0.15) is 0 Å². The second-order valence-corrected chi connectivity index (χ2v) is 7.27. The maximum absolute atomic E-state index is 11.0. The molecular formula is C22H29N3O2. The lowest BCUT2D eigenvalue weighted by Gasteiger charge is -2.32. The number of nitrogens with two attached hydrogens (primary N) is 1. The van der Waals surface area contributed by atoms with Gasteiger partial charge in [-0.3, -0.25) is 0 Å². The second kappa shape index (κ2) is 9.53.